The number of thiophene rings is 1. The van der Waals surface area contributed by atoms with Gasteiger partial charge in [0, 0.05) is 43.0 Å². The third-order valence-electron chi connectivity index (χ3n) is 4.91. The molecule has 1 aliphatic rings. The van der Waals surface area contributed by atoms with E-state index in [-0.39, 0.29) is 5.91 Å². The number of rotatable bonds is 5. The van der Waals surface area contributed by atoms with Gasteiger partial charge in [-0.25, -0.2) is 0 Å². The number of para-hydroxylation sites is 1. The van der Waals surface area contributed by atoms with Crippen molar-refractivity contribution in [1.82, 2.24) is 5.32 Å². The zero-order valence-electron chi connectivity index (χ0n) is 16.9. The first-order valence-electron chi connectivity index (χ1n) is 9.69. The van der Waals surface area contributed by atoms with Gasteiger partial charge in [-0.3, -0.25) is 4.79 Å². The zero-order chi connectivity index (χ0) is 20.4. The summed E-state index contributed by atoms with van der Waals surface area (Å²) in [6.07, 6.45) is 0. The third-order valence-corrected chi connectivity index (χ3v) is 7.17. The van der Waals surface area contributed by atoms with Crippen LogP contribution in [0.15, 0.2) is 65.6 Å². The summed E-state index contributed by atoms with van der Waals surface area (Å²) in [6, 6.07) is 20.7. The van der Waals surface area contributed by atoms with E-state index in [1.165, 1.54) is 10.6 Å². The lowest BCUT2D eigenvalue weighted by Gasteiger charge is -2.33. The number of hydrogen-bond donors (Lipinski definition) is 1. The molecule has 3 aromatic rings. The van der Waals surface area contributed by atoms with Crippen LogP contribution in [0, 0.1) is 0 Å². The number of hydrogen-bond acceptors (Lipinski definition) is 5. The Bertz CT molecular complexity index is 997. The highest BCUT2D eigenvalue weighted by molar-refractivity contribution is 8.00. The van der Waals surface area contributed by atoms with Crippen molar-refractivity contribution in [3.63, 3.8) is 0 Å². The maximum absolute atomic E-state index is 12.7. The van der Waals surface area contributed by atoms with Gasteiger partial charge in [-0.05, 0) is 42.0 Å². The van der Waals surface area contributed by atoms with E-state index in [1.807, 2.05) is 31.9 Å². The maximum Gasteiger partial charge on any atom is 0.261 e. The molecule has 4 nitrogen and oxygen atoms in total. The van der Waals surface area contributed by atoms with Gasteiger partial charge in [-0.2, -0.15) is 0 Å². The Kier molecular flexibility index (Phi) is 5.83. The van der Waals surface area contributed by atoms with Crippen LogP contribution in [0.25, 0.3) is 0 Å². The number of carbonyl (C=O) groups excluding carboxylic acids is 1. The summed E-state index contributed by atoms with van der Waals surface area (Å²) in [4.78, 5) is 19.1. The second-order valence-corrected chi connectivity index (χ2v) is 9.93. The summed E-state index contributed by atoms with van der Waals surface area (Å²) in [7, 11) is 4.04. The van der Waals surface area contributed by atoms with Gasteiger partial charge >= 0.3 is 0 Å². The Balaban J connectivity index is 1.44. The van der Waals surface area contributed by atoms with E-state index < -0.39 is 0 Å². The molecular weight excluding hydrogens is 398 g/mol. The van der Waals surface area contributed by atoms with Crippen molar-refractivity contribution in [2.75, 3.05) is 30.4 Å². The molecule has 4 rings (SSSR count). The van der Waals surface area contributed by atoms with Crippen LogP contribution in [0.1, 0.15) is 22.2 Å². The van der Waals surface area contributed by atoms with E-state index in [4.69, 9.17) is 0 Å². The lowest BCUT2D eigenvalue weighted by Crippen LogP contribution is -2.28. The average molecular weight is 424 g/mol. The van der Waals surface area contributed by atoms with E-state index in [9.17, 15) is 4.79 Å². The number of anilines is 3. The summed E-state index contributed by atoms with van der Waals surface area (Å²) in [5, 5.41) is 4.67. The fourth-order valence-corrected chi connectivity index (χ4v) is 5.43. The van der Waals surface area contributed by atoms with Gasteiger partial charge in [0.15, 0.2) is 0 Å². The van der Waals surface area contributed by atoms with Crippen LogP contribution in [-0.4, -0.2) is 31.8 Å². The van der Waals surface area contributed by atoms with Crippen LogP contribution in [-0.2, 0) is 6.54 Å². The zero-order valence-corrected chi connectivity index (χ0v) is 18.5. The number of nitrogens with zero attached hydrogens (tertiary/aromatic N) is 2. The first-order chi connectivity index (χ1) is 14.0. The van der Waals surface area contributed by atoms with E-state index in [0.717, 1.165) is 27.7 Å². The Labute approximate surface area is 180 Å². The van der Waals surface area contributed by atoms with Gasteiger partial charge in [0.25, 0.3) is 5.91 Å². The van der Waals surface area contributed by atoms with Crippen LogP contribution in [0.2, 0.25) is 0 Å². The van der Waals surface area contributed by atoms with Crippen molar-refractivity contribution in [3.05, 3.63) is 71.1 Å². The van der Waals surface area contributed by atoms with Crippen molar-refractivity contribution >= 4 is 45.4 Å². The summed E-state index contributed by atoms with van der Waals surface area (Å²) >= 11 is 3.47. The molecule has 0 fully saturated rings. The molecule has 0 unspecified atom stereocenters. The first kappa shape index (κ1) is 19.9. The number of benzene rings is 2. The molecule has 29 heavy (non-hydrogen) atoms. The molecule has 0 aliphatic carbocycles. The van der Waals surface area contributed by atoms with Gasteiger partial charge in [-0.1, -0.05) is 31.2 Å². The summed E-state index contributed by atoms with van der Waals surface area (Å²) in [5.41, 5.74) is 3.47. The minimum absolute atomic E-state index is 0.0225. The van der Waals surface area contributed by atoms with E-state index in [2.05, 4.69) is 76.6 Å². The molecule has 0 saturated carbocycles. The highest BCUT2D eigenvalue weighted by atomic mass is 32.2. The number of fused-ring (bicyclic) bond motifs is 1. The molecule has 1 aliphatic heterocycles. The Morgan fingerprint density at radius 2 is 1.86 bits per heavy atom. The SMILES string of the molecule is C[C@H]1CN(c2ccc(C(=O)NCc3ccc(N(C)C)cc3)s2)c2ccccc2S1. The van der Waals surface area contributed by atoms with Gasteiger partial charge < -0.3 is 15.1 Å². The third kappa shape index (κ3) is 4.43. The van der Waals surface area contributed by atoms with Crippen LogP contribution < -0.4 is 15.1 Å². The van der Waals surface area contributed by atoms with Crippen molar-refractivity contribution in [2.45, 2.75) is 23.6 Å². The molecule has 1 aromatic heterocycles. The van der Waals surface area contributed by atoms with Crippen molar-refractivity contribution in [1.29, 1.82) is 0 Å². The summed E-state index contributed by atoms with van der Waals surface area (Å²) < 4.78 is 0. The molecule has 1 atom stereocenters. The average Bonchev–Trinajstić information content (AvgIpc) is 3.22. The molecule has 1 N–H and O–H groups in total. The van der Waals surface area contributed by atoms with Crippen molar-refractivity contribution in [3.8, 4) is 0 Å². The normalized spacial score (nSPS) is 15.7. The smallest absolute Gasteiger partial charge is 0.261 e. The highest BCUT2D eigenvalue weighted by Gasteiger charge is 2.24. The summed E-state index contributed by atoms with van der Waals surface area (Å²) in [6.45, 7) is 3.72. The standard InChI is InChI=1S/C23H25N3OS2/c1-16-15-26(19-6-4-5-7-20(19)28-16)22-13-12-21(29-22)23(27)24-14-17-8-10-18(11-9-17)25(2)3/h4-13,16H,14-15H2,1-3H3,(H,24,27)/t16-/m0/s1. The second-order valence-electron chi connectivity index (χ2n) is 7.39. The lowest BCUT2D eigenvalue weighted by atomic mass is 10.2. The number of thioether (sulfide) groups is 1. The lowest BCUT2D eigenvalue weighted by molar-refractivity contribution is 0.0955. The predicted molar refractivity (Wildman–Crippen MR) is 125 cm³/mol. The molecule has 2 aromatic carbocycles. The predicted octanol–water partition coefficient (Wildman–Crippen LogP) is 5.38. The molecule has 6 heteroatoms. The van der Waals surface area contributed by atoms with Crippen LogP contribution in [0.5, 0.6) is 0 Å². The van der Waals surface area contributed by atoms with E-state index >= 15 is 0 Å². The minimum atomic E-state index is -0.0225. The van der Waals surface area contributed by atoms with Crippen molar-refractivity contribution < 1.29 is 4.79 Å². The molecule has 2 heterocycles. The molecule has 0 bridgehead atoms. The second kappa shape index (κ2) is 8.51. The molecule has 0 saturated heterocycles. The van der Waals surface area contributed by atoms with Crippen LogP contribution >= 0.6 is 23.1 Å². The van der Waals surface area contributed by atoms with Gasteiger partial charge in [0.2, 0.25) is 0 Å². The fourth-order valence-electron chi connectivity index (χ4n) is 3.37. The number of nitrogens with one attached hydrogen (secondary N) is 1. The Morgan fingerprint density at radius 3 is 2.62 bits per heavy atom. The van der Waals surface area contributed by atoms with E-state index in [1.54, 1.807) is 11.3 Å². The maximum atomic E-state index is 12.7. The monoisotopic (exact) mass is 423 g/mol. The van der Waals surface area contributed by atoms with Gasteiger partial charge in [0.05, 0.1) is 15.6 Å². The largest absolute Gasteiger partial charge is 0.378 e. The summed E-state index contributed by atoms with van der Waals surface area (Å²) in [5.74, 6) is -0.0225. The van der Waals surface area contributed by atoms with Gasteiger partial charge in [0.1, 0.15) is 0 Å². The molecule has 1 amide bonds. The first-order valence-corrected chi connectivity index (χ1v) is 11.4. The molecular formula is C23H25N3OS2. The fraction of sp³-hybridized carbons (Fsp3) is 0.261. The minimum Gasteiger partial charge on any atom is -0.378 e. The van der Waals surface area contributed by atoms with E-state index in [0.29, 0.717) is 11.8 Å². The number of amides is 1. The van der Waals surface area contributed by atoms with Gasteiger partial charge in [-0.15, -0.1) is 23.1 Å². The quantitative estimate of drug-likeness (QED) is 0.598. The van der Waals surface area contributed by atoms with Crippen molar-refractivity contribution in [2.24, 2.45) is 0 Å². The molecule has 150 valence electrons. The Morgan fingerprint density at radius 1 is 1.10 bits per heavy atom. The van der Waals surface area contributed by atoms with Crippen LogP contribution in [0.3, 0.4) is 0 Å². The Hall–Kier alpha value is -2.44. The molecule has 0 radical (unpaired) electrons. The molecule has 0 spiro atoms. The highest BCUT2D eigenvalue weighted by Crippen LogP contribution is 2.43. The van der Waals surface area contributed by atoms with Crippen LogP contribution in [0.4, 0.5) is 16.4 Å². The topological polar surface area (TPSA) is 35.6 Å². The number of carbonyl (C=O) groups is 1.